The third-order valence-corrected chi connectivity index (χ3v) is 2.92. The largest absolute Gasteiger partial charge is 0.478 e. The smallest absolute Gasteiger partial charge is 0.339 e. The highest BCUT2D eigenvalue weighted by atomic mass is 16.4. The van der Waals surface area contributed by atoms with Crippen LogP contribution in [0.5, 0.6) is 0 Å². The third kappa shape index (κ3) is 2.16. The summed E-state index contributed by atoms with van der Waals surface area (Å²) in [6.07, 6.45) is 4.79. The first-order chi connectivity index (χ1) is 9.75. The molecule has 0 fully saturated rings. The average Bonchev–Trinajstić information content (AvgIpc) is 2.94. The Bertz CT molecular complexity index is 736. The molecule has 0 atom stereocenters. The fourth-order valence-electron chi connectivity index (χ4n) is 1.97. The van der Waals surface area contributed by atoms with Gasteiger partial charge in [0.05, 0.1) is 5.69 Å². The molecule has 0 spiro atoms. The highest BCUT2D eigenvalue weighted by Gasteiger charge is 2.17. The number of pyridine rings is 1. The molecule has 3 aromatic rings. The van der Waals surface area contributed by atoms with Gasteiger partial charge in [-0.15, -0.1) is 0 Å². The first-order valence-electron chi connectivity index (χ1n) is 6.04. The van der Waals surface area contributed by atoms with Gasteiger partial charge in [0.15, 0.2) is 0 Å². The van der Waals surface area contributed by atoms with Crippen molar-refractivity contribution in [2.75, 3.05) is 0 Å². The molecule has 0 aliphatic carbocycles. The molecule has 5 nitrogen and oxygen atoms in total. The molecule has 0 saturated heterocycles. The van der Waals surface area contributed by atoms with E-state index in [0.29, 0.717) is 5.69 Å². The fraction of sp³-hybridized carbons (Fsp3) is 0. The summed E-state index contributed by atoms with van der Waals surface area (Å²) < 4.78 is 1.55. The number of rotatable bonds is 3. The predicted octanol–water partition coefficient (Wildman–Crippen LogP) is 2.63. The van der Waals surface area contributed by atoms with Crippen molar-refractivity contribution >= 4 is 5.97 Å². The summed E-state index contributed by atoms with van der Waals surface area (Å²) in [5, 5.41) is 13.7. The second-order valence-electron chi connectivity index (χ2n) is 4.21. The van der Waals surface area contributed by atoms with E-state index >= 15 is 0 Å². The van der Waals surface area contributed by atoms with Crippen molar-refractivity contribution in [1.82, 2.24) is 14.8 Å². The van der Waals surface area contributed by atoms with Crippen molar-refractivity contribution in [2.24, 2.45) is 0 Å². The van der Waals surface area contributed by atoms with E-state index in [1.54, 1.807) is 29.2 Å². The van der Waals surface area contributed by atoms with Gasteiger partial charge in [-0.2, -0.15) is 5.10 Å². The summed E-state index contributed by atoms with van der Waals surface area (Å²) in [5.41, 5.74) is 2.17. The summed E-state index contributed by atoms with van der Waals surface area (Å²) in [4.78, 5) is 15.3. The van der Waals surface area contributed by atoms with Gasteiger partial charge in [-0.1, -0.05) is 30.3 Å². The van der Waals surface area contributed by atoms with Crippen LogP contribution in [0.2, 0.25) is 0 Å². The lowest BCUT2D eigenvalue weighted by Gasteiger charge is -1.99. The van der Waals surface area contributed by atoms with Gasteiger partial charge >= 0.3 is 5.97 Å². The minimum Gasteiger partial charge on any atom is -0.478 e. The van der Waals surface area contributed by atoms with Crippen molar-refractivity contribution in [2.45, 2.75) is 0 Å². The quantitative estimate of drug-likeness (QED) is 0.790. The Kier molecular flexibility index (Phi) is 3.01. The lowest BCUT2D eigenvalue weighted by Crippen LogP contribution is -1.96. The van der Waals surface area contributed by atoms with Gasteiger partial charge in [-0.05, 0) is 12.1 Å². The molecule has 0 aliphatic heterocycles. The van der Waals surface area contributed by atoms with Crippen molar-refractivity contribution in [1.29, 1.82) is 0 Å². The lowest BCUT2D eigenvalue weighted by atomic mass is 10.1. The normalized spacial score (nSPS) is 10.4. The standard InChI is InChI=1S/C15H11N3O2/c19-15(20)13-10-18(12-6-8-16-9-7-12)17-14(13)11-4-2-1-3-5-11/h1-10H,(H,19,20). The Morgan fingerprint density at radius 3 is 2.40 bits per heavy atom. The van der Waals surface area contributed by atoms with E-state index in [0.717, 1.165) is 11.3 Å². The number of nitrogens with zero attached hydrogens (tertiary/aromatic N) is 3. The SMILES string of the molecule is O=C(O)c1cn(-c2ccncc2)nc1-c1ccccc1. The summed E-state index contributed by atoms with van der Waals surface area (Å²) in [6.45, 7) is 0. The summed E-state index contributed by atoms with van der Waals surface area (Å²) >= 11 is 0. The first kappa shape index (κ1) is 12.1. The molecule has 0 bridgehead atoms. The monoisotopic (exact) mass is 265 g/mol. The predicted molar refractivity (Wildman–Crippen MR) is 73.8 cm³/mol. The molecule has 2 aromatic heterocycles. The molecule has 2 heterocycles. The van der Waals surface area contributed by atoms with E-state index in [1.165, 1.54) is 6.20 Å². The Morgan fingerprint density at radius 1 is 1.05 bits per heavy atom. The third-order valence-electron chi connectivity index (χ3n) is 2.92. The van der Waals surface area contributed by atoms with Crippen LogP contribution in [0.1, 0.15) is 10.4 Å². The molecule has 20 heavy (non-hydrogen) atoms. The molecule has 0 radical (unpaired) electrons. The molecule has 98 valence electrons. The minimum atomic E-state index is -0.996. The van der Waals surface area contributed by atoms with Gasteiger partial charge in [-0.25, -0.2) is 9.48 Å². The number of carbonyl (C=O) groups is 1. The van der Waals surface area contributed by atoms with E-state index in [4.69, 9.17) is 0 Å². The van der Waals surface area contributed by atoms with E-state index in [-0.39, 0.29) is 5.56 Å². The van der Waals surface area contributed by atoms with Gasteiger partial charge in [0.25, 0.3) is 0 Å². The lowest BCUT2D eigenvalue weighted by molar-refractivity contribution is 0.0697. The van der Waals surface area contributed by atoms with Crippen LogP contribution in [0.25, 0.3) is 16.9 Å². The summed E-state index contributed by atoms with van der Waals surface area (Å²) in [5.74, 6) is -0.996. The molecule has 5 heteroatoms. The van der Waals surface area contributed by atoms with Gasteiger partial charge < -0.3 is 5.11 Å². The highest BCUT2D eigenvalue weighted by Crippen LogP contribution is 2.23. The van der Waals surface area contributed by atoms with Crippen molar-refractivity contribution < 1.29 is 9.90 Å². The van der Waals surface area contributed by atoms with E-state index in [1.807, 2.05) is 30.3 Å². The molecule has 0 amide bonds. The number of carboxylic acids is 1. The number of aromatic nitrogens is 3. The van der Waals surface area contributed by atoms with Crippen LogP contribution in [0.15, 0.2) is 61.1 Å². The molecule has 1 aromatic carbocycles. The van der Waals surface area contributed by atoms with Crippen LogP contribution in [0, 0.1) is 0 Å². The Morgan fingerprint density at radius 2 is 1.75 bits per heavy atom. The zero-order valence-corrected chi connectivity index (χ0v) is 10.5. The highest BCUT2D eigenvalue weighted by molar-refractivity contribution is 5.94. The Hall–Kier alpha value is -2.95. The van der Waals surface area contributed by atoms with Crippen LogP contribution in [-0.2, 0) is 0 Å². The van der Waals surface area contributed by atoms with Gasteiger partial charge in [0.2, 0.25) is 0 Å². The van der Waals surface area contributed by atoms with Crippen LogP contribution >= 0.6 is 0 Å². The van der Waals surface area contributed by atoms with E-state index < -0.39 is 5.97 Å². The Labute approximate surface area is 115 Å². The zero-order chi connectivity index (χ0) is 13.9. The second-order valence-corrected chi connectivity index (χ2v) is 4.21. The van der Waals surface area contributed by atoms with Crippen molar-refractivity contribution in [3.8, 4) is 16.9 Å². The fourth-order valence-corrected chi connectivity index (χ4v) is 1.97. The number of aromatic carboxylic acids is 1. The van der Waals surface area contributed by atoms with Crippen LogP contribution in [-0.4, -0.2) is 25.8 Å². The molecule has 3 rings (SSSR count). The topological polar surface area (TPSA) is 68.0 Å². The van der Waals surface area contributed by atoms with Gasteiger partial charge in [0, 0.05) is 24.2 Å². The number of carboxylic acid groups (broad SMARTS) is 1. The number of benzene rings is 1. The molecule has 0 aliphatic rings. The average molecular weight is 265 g/mol. The number of hydrogen-bond acceptors (Lipinski definition) is 3. The van der Waals surface area contributed by atoms with Crippen molar-refractivity contribution in [3.05, 3.63) is 66.6 Å². The number of hydrogen-bond donors (Lipinski definition) is 1. The molecular weight excluding hydrogens is 254 g/mol. The van der Waals surface area contributed by atoms with Crippen LogP contribution in [0.3, 0.4) is 0 Å². The summed E-state index contributed by atoms with van der Waals surface area (Å²) in [6, 6.07) is 12.8. The maximum atomic E-state index is 11.4. The van der Waals surface area contributed by atoms with E-state index in [9.17, 15) is 9.90 Å². The van der Waals surface area contributed by atoms with Crippen LogP contribution in [0.4, 0.5) is 0 Å². The van der Waals surface area contributed by atoms with Crippen LogP contribution < -0.4 is 0 Å². The maximum absolute atomic E-state index is 11.4. The summed E-state index contributed by atoms with van der Waals surface area (Å²) in [7, 11) is 0. The first-order valence-corrected chi connectivity index (χ1v) is 6.04. The second kappa shape index (κ2) is 4.97. The van der Waals surface area contributed by atoms with Gasteiger partial charge in [0.1, 0.15) is 11.3 Å². The molecule has 1 N–H and O–H groups in total. The maximum Gasteiger partial charge on any atom is 0.339 e. The molecular formula is C15H11N3O2. The molecule has 0 saturated carbocycles. The van der Waals surface area contributed by atoms with E-state index in [2.05, 4.69) is 10.1 Å². The van der Waals surface area contributed by atoms with Crippen molar-refractivity contribution in [3.63, 3.8) is 0 Å². The zero-order valence-electron chi connectivity index (χ0n) is 10.5. The van der Waals surface area contributed by atoms with Gasteiger partial charge in [-0.3, -0.25) is 4.98 Å². The minimum absolute atomic E-state index is 0.174. The Balaban J connectivity index is 2.15. The molecule has 0 unspecified atom stereocenters.